The number of pyridine rings is 1. The van der Waals surface area contributed by atoms with Crippen LogP contribution >= 0.6 is 0 Å². The van der Waals surface area contributed by atoms with Gasteiger partial charge in [0.25, 0.3) is 17.7 Å². The third-order valence-electron chi connectivity index (χ3n) is 19.7. The van der Waals surface area contributed by atoms with Crippen LogP contribution in [-0.4, -0.2) is 150 Å². The first-order valence-electron chi connectivity index (χ1n) is 33.5. The zero-order valence-corrected chi connectivity index (χ0v) is 54.8. The number of carbonyl (C=O) groups excluding carboxylic acids is 6. The molecule has 4 aromatic heterocycles. The molecule has 13 rings (SSSR count). The molecule has 26 heteroatoms. The molecule has 3 saturated heterocycles. The monoisotopic (exact) mass is 1330 g/mol. The second-order valence-electron chi connectivity index (χ2n) is 26.6. The van der Waals surface area contributed by atoms with Crippen molar-refractivity contribution in [2.75, 3.05) is 81.4 Å². The van der Waals surface area contributed by atoms with Gasteiger partial charge in [-0.3, -0.25) is 57.6 Å². The summed E-state index contributed by atoms with van der Waals surface area (Å²) in [5.74, 6) is -2.09. The smallest absolute Gasteiger partial charge is 0.254 e. The van der Waals surface area contributed by atoms with E-state index in [1.54, 1.807) is 51.0 Å². The minimum atomic E-state index is -0.674. The van der Waals surface area contributed by atoms with Gasteiger partial charge < -0.3 is 52.6 Å². The van der Waals surface area contributed by atoms with Crippen LogP contribution < -0.4 is 33.2 Å². The van der Waals surface area contributed by atoms with Crippen LogP contribution in [0.3, 0.4) is 0 Å². The molecule has 7 aromatic rings. The standard InChI is InChI=1S/C27H29N7O2.C23H28N6O2.C22H25FN6O2/c1-29-18-27(34-17-22(24(28)35)25(32-34)31-26(36)21-9-10-21)11-14-33(15-12-27)16-19-5-7-20(8-6-19)23-4-2-3-13-30-23;1-25-16-23(10-13-28(14-11-23)12-9-17-5-3-2-4-6-17)29-15-19(20(24)30)21(27-29)26-22(31)18-7-8-18;1-25-14-22(8-10-28(11-9-22)12-16-4-2-3-5-18(16)23)29-13-17(19(24)30)20(27-29)26-21(31)15-6-7-15/h2-8,13,17,21H,9-12,14-16,18H2,(H2,28,35)(H,31,32,36);2-6,15,18H,7-14,16H2,(H2,24,30)(H,26,27,31);2-5,13,15H,6-12,14H2,(H2,24,30)(H,26,27,31). The summed E-state index contributed by atoms with van der Waals surface area (Å²) < 4.78 is 19.1. The molecule has 508 valence electrons. The van der Waals surface area contributed by atoms with Crippen molar-refractivity contribution < 1.29 is 33.2 Å². The Bertz CT molecular complexity index is 4130. The second kappa shape index (κ2) is 30.7. The summed E-state index contributed by atoms with van der Waals surface area (Å²) in [5, 5.41) is 21.8. The largest absolute Gasteiger partial charge is 0.365 e. The van der Waals surface area contributed by atoms with Gasteiger partial charge in [0, 0.05) is 113 Å². The summed E-state index contributed by atoms with van der Waals surface area (Å²) in [7, 11) is 0. The Kier molecular flexibility index (Phi) is 21.6. The highest BCUT2D eigenvalue weighted by molar-refractivity contribution is 6.04. The van der Waals surface area contributed by atoms with Gasteiger partial charge in [-0.2, -0.15) is 15.3 Å². The van der Waals surface area contributed by atoms with E-state index in [0.717, 1.165) is 108 Å². The average Bonchev–Trinajstić information content (AvgIpc) is 1.63. The van der Waals surface area contributed by atoms with Crippen LogP contribution in [-0.2, 0) is 50.5 Å². The summed E-state index contributed by atoms with van der Waals surface area (Å²) >= 11 is 0. The predicted molar refractivity (Wildman–Crippen MR) is 366 cm³/mol. The molecule has 25 nitrogen and oxygen atoms in total. The first-order valence-corrected chi connectivity index (χ1v) is 33.5. The number of halogens is 1. The van der Waals surface area contributed by atoms with Crippen LogP contribution in [0.15, 0.2) is 122 Å². The summed E-state index contributed by atoms with van der Waals surface area (Å²) in [4.78, 5) is 95.0. The molecule has 3 saturated carbocycles. The highest BCUT2D eigenvalue weighted by Gasteiger charge is 2.45. The summed E-state index contributed by atoms with van der Waals surface area (Å²) in [6.45, 7) is 30.0. The third-order valence-corrected chi connectivity index (χ3v) is 19.7. The van der Waals surface area contributed by atoms with E-state index in [-0.39, 0.29) is 95.1 Å². The zero-order valence-electron chi connectivity index (χ0n) is 54.8. The summed E-state index contributed by atoms with van der Waals surface area (Å²) in [5.41, 5.74) is 20.7. The van der Waals surface area contributed by atoms with Gasteiger partial charge in [0.2, 0.25) is 37.4 Å². The van der Waals surface area contributed by atoms with Crippen LogP contribution in [0.5, 0.6) is 0 Å². The van der Waals surface area contributed by atoms with Crippen LogP contribution in [0, 0.1) is 43.3 Å². The topological polar surface area (TPSA) is 306 Å². The number of hydrogen-bond acceptors (Lipinski definition) is 13. The molecule has 3 aliphatic carbocycles. The van der Waals surface area contributed by atoms with Crippen molar-refractivity contribution in [1.82, 2.24) is 49.0 Å². The number of anilines is 3. The number of carbonyl (C=O) groups is 6. The molecule has 0 atom stereocenters. The maximum absolute atomic E-state index is 14.0. The van der Waals surface area contributed by atoms with E-state index < -0.39 is 34.3 Å². The molecule has 3 aromatic carbocycles. The minimum absolute atomic E-state index is 0.00377. The molecule has 0 unspecified atom stereocenters. The van der Waals surface area contributed by atoms with E-state index in [2.05, 4.69) is 114 Å². The number of hydrogen-bond donors (Lipinski definition) is 6. The van der Waals surface area contributed by atoms with Crippen LogP contribution in [0.4, 0.5) is 21.8 Å². The molecule has 7 heterocycles. The SMILES string of the molecule is [C-]#[N+]CC1(n2cc(C(N)=O)c(NC(=O)C3CC3)n2)CCN(CCc2ccccc2)CC1.[C-]#[N+]CC1(n2cc(C(N)=O)c(NC(=O)C3CC3)n2)CCN(Cc2ccc(-c3ccccn3)cc2)CC1.[C-]#[N+]CC1(n2cc(C(N)=O)c(NC(=O)C3CC3)n2)CCN(Cc2ccccc2F)CC1. The number of nitrogens with zero attached hydrogens (tertiary/aromatic N) is 13. The third kappa shape index (κ3) is 16.8. The Balaban J connectivity index is 0.000000149. The number of piperidine rings is 3. The highest BCUT2D eigenvalue weighted by Crippen LogP contribution is 2.38. The Labute approximate surface area is 568 Å². The Morgan fingerprint density at radius 2 is 0.867 bits per heavy atom. The molecule has 0 radical (unpaired) electrons. The van der Waals surface area contributed by atoms with Crippen molar-refractivity contribution in [2.24, 2.45) is 35.0 Å². The van der Waals surface area contributed by atoms with E-state index in [0.29, 0.717) is 50.9 Å². The Morgan fingerprint density at radius 3 is 1.24 bits per heavy atom. The zero-order chi connectivity index (χ0) is 69.0. The van der Waals surface area contributed by atoms with Gasteiger partial charge >= 0.3 is 0 Å². The maximum Gasteiger partial charge on any atom is 0.254 e. The number of amides is 6. The van der Waals surface area contributed by atoms with E-state index >= 15 is 0 Å². The number of rotatable bonds is 23. The summed E-state index contributed by atoms with van der Waals surface area (Å²) in [6.07, 6.45) is 16.7. The quantitative estimate of drug-likeness (QED) is 0.0332. The first-order chi connectivity index (χ1) is 47.4. The molecule has 9 N–H and O–H groups in total. The van der Waals surface area contributed by atoms with Gasteiger partial charge in [0.05, 0.1) is 5.69 Å². The van der Waals surface area contributed by atoms with Gasteiger partial charge in [0.1, 0.15) is 39.1 Å². The van der Waals surface area contributed by atoms with Gasteiger partial charge in [-0.05, 0) is 113 Å². The normalized spacial score (nSPS) is 17.9. The molecule has 6 amide bonds. The van der Waals surface area contributed by atoms with E-state index in [1.807, 2.05) is 30.3 Å². The highest BCUT2D eigenvalue weighted by atomic mass is 19.1. The minimum Gasteiger partial charge on any atom is -0.365 e. The molecule has 0 spiro atoms. The van der Waals surface area contributed by atoms with E-state index in [4.69, 9.17) is 36.9 Å². The van der Waals surface area contributed by atoms with Crippen molar-refractivity contribution >= 4 is 52.9 Å². The molecule has 0 bridgehead atoms. The van der Waals surface area contributed by atoms with Crippen molar-refractivity contribution in [3.05, 3.63) is 195 Å². The molecule has 98 heavy (non-hydrogen) atoms. The van der Waals surface area contributed by atoms with Gasteiger partial charge in [0.15, 0.2) is 17.5 Å². The van der Waals surface area contributed by atoms with Gasteiger partial charge in [-0.25, -0.2) is 24.1 Å². The van der Waals surface area contributed by atoms with Crippen LogP contribution in [0.2, 0.25) is 0 Å². The lowest BCUT2D eigenvalue weighted by molar-refractivity contribution is -0.118. The number of nitrogens with one attached hydrogen (secondary N) is 3. The lowest BCUT2D eigenvalue weighted by Crippen LogP contribution is -2.48. The average molecular weight is 1330 g/mol. The second-order valence-corrected chi connectivity index (χ2v) is 26.6. The molecule has 6 aliphatic rings. The van der Waals surface area contributed by atoms with Crippen molar-refractivity contribution in [3.8, 4) is 11.3 Å². The van der Waals surface area contributed by atoms with Crippen molar-refractivity contribution in [1.29, 1.82) is 0 Å². The van der Waals surface area contributed by atoms with Crippen LogP contribution in [0.1, 0.15) is 125 Å². The molecule has 3 aliphatic heterocycles. The lowest BCUT2D eigenvalue weighted by Gasteiger charge is -2.38. The number of benzene rings is 3. The first kappa shape index (κ1) is 68.9. The van der Waals surface area contributed by atoms with Gasteiger partial charge in [-0.15, -0.1) is 0 Å². The van der Waals surface area contributed by atoms with Gasteiger partial charge in [-0.1, -0.05) is 78.9 Å². The predicted octanol–water partition coefficient (Wildman–Crippen LogP) is 7.97. The number of nitrogens with two attached hydrogens (primary N) is 3. The number of primary amides is 3. The fourth-order valence-electron chi connectivity index (χ4n) is 13.0. The van der Waals surface area contributed by atoms with E-state index in [1.165, 1.54) is 17.2 Å². The van der Waals surface area contributed by atoms with Crippen molar-refractivity contribution in [3.63, 3.8) is 0 Å². The fraction of sp³-hybridized carbons (Fsp3) is 0.431. The molecule has 6 fully saturated rings. The number of likely N-dealkylation sites (tertiary alicyclic amines) is 3. The van der Waals surface area contributed by atoms with Crippen molar-refractivity contribution in [2.45, 2.75) is 113 Å². The molecular formula is C72H82FN19O6. The number of aromatic nitrogens is 7. The maximum atomic E-state index is 14.0. The lowest BCUT2D eigenvalue weighted by atomic mass is 9.87. The van der Waals surface area contributed by atoms with Crippen LogP contribution in [0.25, 0.3) is 25.8 Å². The Hall–Kier alpha value is -10.5. The van der Waals surface area contributed by atoms with E-state index in [9.17, 15) is 33.2 Å². The molecular weight excluding hydrogens is 1250 g/mol. The fourth-order valence-corrected chi connectivity index (χ4v) is 13.0. The Morgan fingerprint density at radius 1 is 0.480 bits per heavy atom. The summed E-state index contributed by atoms with van der Waals surface area (Å²) in [6, 6.07) is 31.5.